The van der Waals surface area contributed by atoms with Crippen LogP contribution in [0.2, 0.25) is 0 Å². The van der Waals surface area contributed by atoms with Crippen LogP contribution in [0, 0.1) is 0 Å². The highest BCUT2D eigenvalue weighted by molar-refractivity contribution is 7.89. The van der Waals surface area contributed by atoms with Crippen molar-refractivity contribution in [1.82, 2.24) is 19.9 Å². The lowest BCUT2D eigenvalue weighted by atomic mass is 10.1. The van der Waals surface area contributed by atoms with Crippen molar-refractivity contribution in [2.24, 2.45) is 5.14 Å². The normalized spacial score (nSPS) is 11.5. The van der Waals surface area contributed by atoms with Crippen LogP contribution in [0.25, 0.3) is 32.9 Å². The molecule has 0 fully saturated rings. The Labute approximate surface area is 194 Å². The number of hydrogen-bond acceptors (Lipinski definition) is 8. The monoisotopic (exact) mass is 474 g/mol. The molecule has 8 nitrogen and oxygen atoms in total. The number of benzene rings is 1. The number of anilines is 1. The molecular formula is C23H18N6O2S2. The van der Waals surface area contributed by atoms with Crippen LogP contribution in [0.4, 0.5) is 5.82 Å². The molecule has 0 amide bonds. The molecule has 0 bridgehead atoms. The first-order valence-electron chi connectivity index (χ1n) is 9.97. The van der Waals surface area contributed by atoms with E-state index in [-0.39, 0.29) is 4.90 Å². The molecule has 10 heteroatoms. The summed E-state index contributed by atoms with van der Waals surface area (Å²) in [7, 11) is -3.79. The molecule has 33 heavy (non-hydrogen) atoms. The van der Waals surface area contributed by atoms with E-state index in [1.807, 2.05) is 48.5 Å². The van der Waals surface area contributed by atoms with E-state index in [1.54, 1.807) is 23.6 Å². The van der Waals surface area contributed by atoms with Crippen LogP contribution < -0.4 is 10.5 Å². The predicted molar refractivity (Wildman–Crippen MR) is 129 cm³/mol. The van der Waals surface area contributed by atoms with Crippen molar-refractivity contribution < 1.29 is 8.42 Å². The first kappa shape index (κ1) is 21.1. The topological polar surface area (TPSA) is 124 Å². The van der Waals surface area contributed by atoms with Gasteiger partial charge in [-0.1, -0.05) is 36.4 Å². The van der Waals surface area contributed by atoms with Crippen molar-refractivity contribution in [2.45, 2.75) is 11.4 Å². The summed E-state index contributed by atoms with van der Waals surface area (Å²) in [6, 6.07) is 18.7. The molecule has 1 aromatic carbocycles. The zero-order valence-electron chi connectivity index (χ0n) is 17.2. The third-order valence-corrected chi connectivity index (χ3v) is 6.75. The van der Waals surface area contributed by atoms with Gasteiger partial charge in [0.05, 0.1) is 17.6 Å². The molecule has 5 aromatic rings. The number of rotatable bonds is 6. The van der Waals surface area contributed by atoms with Crippen LogP contribution >= 0.6 is 11.3 Å². The molecule has 0 spiro atoms. The van der Waals surface area contributed by atoms with Crippen molar-refractivity contribution >= 4 is 37.4 Å². The van der Waals surface area contributed by atoms with E-state index in [0.717, 1.165) is 21.3 Å². The van der Waals surface area contributed by atoms with Crippen molar-refractivity contribution in [3.05, 3.63) is 84.1 Å². The zero-order valence-corrected chi connectivity index (χ0v) is 18.8. The Hall–Kier alpha value is -3.73. The van der Waals surface area contributed by atoms with Crippen LogP contribution in [-0.4, -0.2) is 28.4 Å². The molecule has 0 radical (unpaired) electrons. The summed E-state index contributed by atoms with van der Waals surface area (Å²) in [5, 5.41) is 11.5. The van der Waals surface area contributed by atoms with Gasteiger partial charge < -0.3 is 5.32 Å². The number of thiophene rings is 1. The summed E-state index contributed by atoms with van der Waals surface area (Å²) in [6.07, 6.45) is 2.96. The first-order valence-corrected chi connectivity index (χ1v) is 12.4. The molecule has 3 N–H and O–H groups in total. The van der Waals surface area contributed by atoms with Gasteiger partial charge in [0, 0.05) is 23.3 Å². The van der Waals surface area contributed by atoms with Gasteiger partial charge in [0.25, 0.3) is 0 Å². The second-order valence-electron chi connectivity index (χ2n) is 7.19. The van der Waals surface area contributed by atoms with Gasteiger partial charge in [-0.25, -0.2) is 23.5 Å². The number of nitrogens with two attached hydrogens (primary N) is 1. The second kappa shape index (κ2) is 8.66. The molecule has 0 aliphatic carbocycles. The number of sulfonamides is 1. The molecule has 0 aliphatic heterocycles. The number of hydrogen-bond donors (Lipinski definition) is 2. The van der Waals surface area contributed by atoms with E-state index in [9.17, 15) is 8.42 Å². The van der Waals surface area contributed by atoms with Crippen LogP contribution in [-0.2, 0) is 16.6 Å². The van der Waals surface area contributed by atoms with E-state index in [1.165, 1.54) is 12.3 Å². The van der Waals surface area contributed by atoms with E-state index in [2.05, 4.69) is 20.7 Å². The van der Waals surface area contributed by atoms with Gasteiger partial charge in [0.15, 0.2) is 5.82 Å². The fourth-order valence-corrected chi connectivity index (χ4v) is 4.77. The minimum absolute atomic E-state index is 0.0303. The van der Waals surface area contributed by atoms with Gasteiger partial charge in [-0.2, -0.15) is 0 Å². The van der Waals surface area contributed by atoms with Gasteiger partial charge in [0.2, 0.25) is 10.0 Å². The summed E-state index contributed by atoms with van der Waals surface area (Å²) in [5.41, 5.74) is 3.41. The standard InChI is InChI=1S/C23H18N6O2S2/c24-33(30,31)17-10-9-16(26-13-17)12-27-22-20-18(15-6-2-1-3-7-15)14-32-23(20)29-21(28-22)19-8-4-5-11-25-19/h1-11,13-14H,12H2,(H2,24,30,31)(H,27,28,29). The lowest BCUT2D eigenvalue weighted by Gasteiger charge is -2.11. The van der Waals surface area contributed by atoms with Crippen molar-refractivity contribution in [2.75, 3.05) is 5.32 Å². The number of aromatic nitrogens is 4. The maximum atomic E-state index is 11.5. The van der Waals surface area contributed by atoms with Gasteiger partial charge in [-0.05, 0) is 29.8 Å². The Kier molecular flexibility index (Phi) is 5.55. The van der Waals surface area contributed by atoms with Crippen LogP contribution in [0.5, 0.6) is 0 Å². The summed E-state index contributed by atoms with van der Waals surface area (Å²) >= 11 is 1.54. The third-order valence-electron chi connectivity index (χ3n) is 4.98. The minimum Gasteiger partial charge on any atom is -0.364 e. The van der Waals surface area contributed by atoms with E-state index in [0.29, 0.717) is 29.6 Å². The Morgan fingerprint density at radius 3 is 2.45 bits per heavy atom. The quantitative estimate of drug-likeness (QED) is 0.380. The molecule has 164 valence electrons. The Bertz CT molecular complexity index is 1520. The highest BCUT2D eigenvalue weighted by Crippen LogP contribution is 2.38. The number of pyridine rings is 2. The highest BCUT2D eigenvalue weighted by Gasteiger charge is 2.17. The Morgan fingerprint density at radius 2 is 1.76 bits per heavy atom. The Balaban J connectivity index is 1.56. The van der Waals surface area contributed by atoms with Crippen LogP contribution in [0.1, 0.15) is 5.69 Å². The average Bonchev–Trinajstić information content (AvgIpc) is 3.28. The molecular weight excluding hydrogens is 456 g/mol. The van der Waals surface area contributed by atoms with Crippen molar-refractivity contribution in [3.8, 4) is 22.6 Å². The highest BCUT2D eigenvalue weighted by atomic mass is 32.2. The molecule has 0 unspecified atom stereocenters. The molecule has 0 atom stereocenters. The SMILES string of the molecule is NS(=O)(=O)c1ccc(CNc2nc(-c3ccccn3)nc3scc(-c4ccccc4)c23)nc1. The lowest BCUT2D eigenvalue weighted by molar-refractivity contribution is 0.597. The largest absolute Gasteiger partial charge is 0.364 e. The molecule has 0 saturated carbocycles. The average molecular weight is 475 g/mol. The van der Waals surface area contributed by atoms with Crippen LogP contribution in [0.3, 0.4) is 0 Å². The molecule has 0 saturated heterocycles. The first-order chi connectivity index (χ1) is 16.0. The molecule has 5 rings (SSSR count). The summed E-state index contributed by atoms with van der Waals surface area (Å²) in [4.78, 5) is 18.9. The van der Waals surface area contributed by atoms with Crippen LogP contribution in [0.15, 0.2) is 83.3 Å². The lowest BCUT2D eigenvalue weighted by Crippen LogP contribution is -2.13. The van der Waals surface area contributed by atoms with Gasteiger partial charge >= 0.3 is 0 Å². The third kappa shape index (κ3) is 4.44. The zero-order chi connectivity index (χ0) is 22.8. The molecule has 0 aliphatic rings. The van der Waals surface area contributed by atoms with E-state index >= 15 is 0 Å². The maximum Gasteiger partial charge on any atom is 0.239 e. The number of primary sulfonamides is 1. The smallest absolute Gasteiger partial charge is 0.239 e. The number of nitrogens with zero attached hydrogens (tertiary/aromatic N) is 4. The second-order valence-corrected chi connectivity index (χ2v) is 9.61. The summed E-state index contributed by atoms with van der Waals surface area (Å²) in [5.74, 6) is 1.17. The molecule has 4 aromatic heterocycles. The van der Waals surface area contributed by atoms with E-state index in [4.69, 9.17) is 15.1 Å². The fourth-order valence-electron chi connectivity index (χ4n) is 3.37. The van der Waals surface area contributed by atoms with Gasteiger partial charge in [-0.15, -0.1) is 11.3 Å². The fraction of sp³-hybridized carbons (Fsp3) is 0.0435. The molecule has 4 heterocycles. The van der Waals surface area contributed by atoms with Crippen molar-refractivity contribution in [1.29, 1.82) is 0 Å². The Morgan fingerprint density at radius 1 is 0.939 bits per heavy atom. The predicted octanol–water partition coefficient (Wildman–Crippen LogP) is 4.07. The van der Waals surface area contributed by atoms with Gasteiger partial charge in [0.1, 0.15) is 21.2 Å². The van der Waals surface area contributed by atoms with Gasteiger partial charge in [-0.3, -0.25) is 9.97 Å². The summed E-state index contributed by atoms with van der Waals surface area (Å²) in [6.45, 7) is 0.336. The maximum absolute atomic E-state index is 11.5. The minimum atomic E-state index is -3.79. The van der Waals surface area contributed by atoms with E-state index < -0.39 is 10.0 Å². The number of nitrogens with one attached hydrogen (secondary N) is 1. The summed E-state index contributed by atoms with van der Waals surface area (Å²) < 4.78 is 23.0. The number of fused-ring (bicyclic) bond motifs is 1. The van der Waals surface area contributed by atoms with Crippen molar-refractivity contribution in [3.63, 3.8) is 0 Å².